The molecule has 2 heterocycles. The molecular formula is C20H20FN3O5S. The number of rotatable bonds is 6. The van der Waals surface area contributed by atoms with Crippen LogP contribution < -0.4 is 15.0 Å². The van der Waals surface area contributed by atoms with Gasteiger partial charge in [-0.3, -0.25) is 4.79 Å². The van der Waals surface area contributed by atoms with E-state index < -0.39 is 21.2 Å². The summed E-state index contributed by atoms with van der Waals surface area (Å²) in [6, 6.07) is 7.66. The van der Waals surface area contributed by atoms with Gasteiger partial charge in [-0.05, 0) is 36.8 Å². The van der Waals surface area contributed by atoms with Crippen molar-refractivity contribution in [3.05, 3.63) is 64.0 Å². The van der Waals surface area contributed by atoms with Crippen molar-refractivity contribution >= 4 is 9.84 Å². The highest BCUT2D eigenvalue weighted by Crippen LogP contribution is 2.28. The van der Waals surface area contributed by atoms with Crippen molar-refractivity contribution in [2.45, 2.75) is 18.6 Å². The number of pyridine rings is 1. The molecule has 0 aliphatic rings. The first-order chi connectivity index (χ1) is 14.1. The maximum Gasteiger partial charge on any atom is 0.286 e. The number of halogens is 1. The fourth-order valence-electron chi connectivity index (χ4n) is 2.89. The van der Waals surface area contributed by atoms with Crippen molar-refractivity contribution in [1.82, 2.24) is 14.5 Å². The standard InChI is InChI=1S/C20H20FN3O5S/c1-12-7-16(23-20(22-12)30(4,26)27)14-9-15(21)19(25)24(11-14)10-13-5-6-17(28-2)18(8-13)29-3/h5-9,11H,10H2,1-4H3. The van der Waals surface area contributed by atoms with Crippen molar-refractivity contribution in [3.8, 4) is 22.8 Å². The smallest absolute Gasteiger partial charge is 0.286 e. The molecule has 1 aromatic carbocycles. The number of hydrogen-bond donors (Lipinski definition) is 0. The van der Waals surface area contributed by atoms with E-state index in [1.807, 2.05) is 0 Å². The molecule has 8 nitrogen and oxygen atoms in total. The predicted octanol–water partition coefficient (Wildman–Crippen LogP) is 2.22. The summed E-state index contributed by atoms with van der Waals surface area (Å²) in [4.78, 5) is 20.3. The normalized spacial score (nSPS) is 11.4. The summed E-state index contributed by atoms with van der Waals surface area (Å²) in [6.07, 6.45) is 2.42. The zero-order valence-electron chi connectivity index (χ0n) is 16.8. The molecule has 0 amide bonds. The summed E-state index contributed by atoms with van der Waals surface area (Å²) in [5.74, 6) is 0.0207. The number of sulfone groups is 1. The fraction of sp³-hybridized carbons (Fsp3) is 0.250. The minimum Gasteiger partial charge on any atom is -0.493 e. The van der Waals surface area contributed by atoms with Gasteiger partial charge in [0.1, 0.15) is 0 Å². The lowest BCUT2D eigenvalue weighted by Crippen LogP contribution is -2.23. The highest BCUT2D eigenvalue weighted by molar-refractivity contribution is 7.90. The molecule has 30 heavy (non-hydrogen) atoms. The van der Waals surface area contributed by atoms with E-state index in [4.69, 9.17) is 9.47 Å². The largest absolute Gasteiger partial charge is 0.493 e. The Bertz CT molecular complexity index is 1270. The summed E-state index contributed by atoms with van der Waals surface area (Å²) in [6.45, 7) is 1.67. The Kier molecular flexibility index (Phi) is 5.88. The lowest BCUT2D eigenvalue weighted by atomic mass is 10.1. The molecule has 2 aromatic heterocycles. The third-order valence-corrected chi connectivity index (χ3v) is 5.15. The van der Waals surface area contributed by atoms with Crippen LogP contribution in [0.3, 0.4) is 0 Å². The van der Waals surface area contributed by atoms with Gasteiger partial charge in [-0.2, -0.15) is 0 Å². The summed E-state index contributed by atoms with van der Waals surface area (Å²) in [5.41, 5.74) is 0.717. The number of hydrogen-bond acceptors (Lipinski definition) is 7. The molecule has 0 saturated carbocycles. The molecule has 10 heteroatoms. The van der Waals surface area contributed by atoms with Crippen LogP contribution in [-0.4, -0.2) is 43.4 Å². The first kappa shape index (κ1) is 21.4. The number of aromatic nitrogens is 3. The Hall–Kier alpha value is -3.27. The van der Waals surface area contributed by atoms with E-state index >= 15 is 0 Å². The number of ether oxygens (including phenoxy) is 2. The monoisotopic (exact) mass is 433 g/mol. The second kappa shape index (κ2) is 8.23. The van der Waals surface area contributed by atoms with Crippen LogP contribution in [0.1, 0.15) is 11.3 Å². The maximum absolute atomic E-state index is 14.4. The maximum atomic E-state index is 14.4. The first-order valence-electron chi connectivity index (χ1n) is 8.79. The average Bonchev–Trinajstić information content (AvgIpc) is 2.70. The van der Waals surface area contributed by atoms with Gasteiger partial charge in [0.25, 0.3) is 5.56 Å². The Morgan fingerprint density at radius 2 is 1.77 bits per heavy atom. The molecule has 158 valence electrons. The molecule has 0 N–H and O–H groups in total. The van der Waals surface area contributed by atoms with Gasteiger partial charge in [0.05, 0.1) is 26.5 Å². The molecule has 0 unspecified atom stereocenters. The van der Waals surface area contributed by atoms with E-state index in [0.29, 0.717) is 22.8 Å². The molecule has 0 atom stereocenters. The fourth-order valence-corrected chi connectivity index (χ4v) is 3.46. The minimum absolute atomic E-state index is 0.0624. The third kappa shape index (κ3) is 4.48. The summed E-state index contributed by atoms with van der Waals surface area (Å²) < 4.78 is 49.7. The second-order valence-corrected chi connectivity index (χ2v) is 8.56. The van der Waals surface area contributed by atoms with Gasteiger partial charge in [-0.1, -0.05) is 6.07 Å². The van der Waals surface area contributed by atoms with E-state index in [9.17, 15) is 17.6 Å². The summed E-state index contributed by atoms with van der Waals surface area (Å²) in [7, 11) is -0.657. The Balaban J connectivity index is 2.08. The molecule has 0 radical (unpaired) electrons. The van der Waals surface area contributed by atoms with E-state index in [-0.39, 0.29) is 23.0 Å². The van der Waals surface area contributed by atoms with Gasteiger partial charge >= 0.3 is 0 Å². The Labute approximate surface area is 172 Å². The van der Waals surface area contributed by atoms with Crippen LogP contribution in [0.15, 0.2) is 46.5 Å². The number of methoxy groups -OCH3 is 2. The van der Waals surface area contributed by atoms with Crippen molar-refractivity contribution in [1.29, 1.82) is 0 Å². The zero-order chi connectivity index (χ0) is 22.1. The van der Waals surface area contributed by atoms with Crippen molar-refractivity contribution < 1.29 is 22.3 Å². The molecule has 0 fully saturated rings. The lowest BCUT2D eigenvalue weighted by Gasteiger charge is -2.12. The van der Waals surface area contributed by atoms with Gasteiger partial charge in [-0.25, -0.2) is 22.8 Å². The minimum atomic E-state index is -3.66. The van der Waals surface area contributed by atoms with E-state index in [1.54, 1.807) is 25.1 Å². The van der Waals surface area contributed by atoms with Crippen molar-refractivity contribution in [3.63, 3.8) is 0 Å². The molecule has 0 aliphatic heterocycles. The van der Waals surface area contributed by atoms with Crippen LogP contribution in [0.4, 0.5) is 4.39 Å². The Morgan fingerprint density at radius 3 is 2.40 bits per heavy atom. The molecular weight excluding hydrogens is 413 g/mol. The number of benzene rings is 1. The predicted molar refractivity (Wildman–Crippen MR) is 108 cm³/mol. The summed E-state index contributed by atoms with van der Waals surface area (Å²) in [5, 5.41) is -0.365. The molecule has 0 bridgehead atoms. The molecule has 0 spiro atoms. The van der Waals surface area contributed by atoms with Gasteiger partial charge < -0.3 is 14.0 Å². The van der Waals surface area contributed by atoms with E-state index in [1.165, 1.54) is 31.0 Å². The highest BCUT2D eigenvalue weighted by atomic mass is 32.2. The molecule has 0 aliphatic carbocycles. The molecule has 0 saturated heterocycles. The van der Waals surface area contributed by atoms with Gasteiger partial charge in [0, 0.05) is 23.7 Å². The zero-order valence-corrected chi connectivity index (χ0v) is 17.7. The summed E-state index contributed by atoms with van der Waals surface area (Å²) >= 11 is 0. The first-order valence-corrected chi connectivity index (χ1v) is 10.7. The van der Waals surface area contributed by atoms with Crippen LogP contribution in [-0.2, 0) is 16.4 Å². The number of nitrogens with zero attached hydrogens (tertiary/aromatic N) is 3. The van der Waals surface area contributed by atoms with E-state index in [0.717, 1.165) is 12.3 Å². The van der Waals surface area contributed by atoms with Crippen molar-refractivity contribution in [2.75, 3.05) is 20.5 Å². The highest BCUT2D eigenvalue weighted by Gasteiger charge is 2.16. The van der Waals surface area contributed by atoms with Crippen LogP contribution in [0.5, 0.6) is 11.5 Å². The third-order valence-electron chi connectivity index (χ3n) is 4.30. The van der Waals surface area contributed by atoms with Gasteiger partial charge in [-0.15, -0.1) is 0 Å². The van der Waals surface area contributed by atoms with Crippen molar-refractivity contribution in [2.24, 2.45) is 0 Å². The molecule has 3 aromatic rings. The van der Waals surface area contributed by atoms with Gasteiger partial charge in [0.15, 0.2) is 17.3 Å². The van der Waals surface area contributed by atoms with Crippen LogP contribution >= 0.6 is 0 Å². The second-order valence-electron chi connectivity index (χ2n) is 6.65. The van der Waals surface area contributed by atoms with E-state index in [2.05, 4.69) is 9.97 Å². The quantitative estimate of drug-likeness (QED) is 0.550. The lowest BCUT2D eigenvalue weighted by molar-refractivity contribution is 0.354. The van der Waals surface area contributed by atoms with Crippen LogP contribution in [0.2, 0.25) is 0 Å². The number of aryl methyl sites for hydroxylation is 1. The van der Waals surface area contributed by atoms with Gasteiger partial charge in [0.2, 0.25) is 15.0 Å². The Morgan fingerprint density at radius 1 is 1.07 bits per heavy atom. The van der Waals surface area contributed by atoms with Crippen LogP contribution in [0, 0.1) is 12.7 Å². The SMILES string of the molecule is COc1ccc(Cn2cc(-c3cc(C)nc(S(C)(=O)=O)n3)cc(F)c2=O)cc1OC. The topological polar surface area (TPSA) is 100 Å². The average molecular weight is 433 g/mol. The molecule has 3 rings (SSSR count). The van der Waals surface area contributed by atoms with Crippen LogP contribution in [0.25, 0.3) is 11.3 Å².